The highest BCUT2D eigenvalue weighted by atomic mass is 35.5. The first-order valence-electron chi connectivity index (χ1n) is 7.65. The van der Waals surface area contributed by atoms with Crippen LogP contribution in [0.5, 0.6) is 17.2 Å². The van der Waals surface area contributed by atoms with E-state index < -0.39 is 0 Å². The summed E-state index contributed by atoms with van der Waals surface area (Å²) in [7, 11) is 4.90. The van der Waals surface area contributed by atoms with Crippen molar-refractivity contribution >= 4 is 11.6 Å². The molecular formula is C17H25ClO3. The molecule has 118 valence electrons. The van der Waals surface area contributed by atoms with Crippen molar-refractivity contribution < 1.29 is 14.2 Å². The summed E-state index contributed by atoms with van der Waals surface area (Å²) in [6.07, 6.45) is 7.55. The van der Waals surface area contributed by atoms with E-state index in [1.165, 1.54) is 38.5 Å². The lowest BCUT2D eigenvalue weighted by Crippen LogP contribution is -2.09. The topological polar surface area (TPSA) is 27.7 Å². The van der Waals surface area contributed by atoms with Crippen molar-refractivity contribution in [2.45, 2.75) is 43.9 Å². The first-order valence-corrected chi connectivity index (χ1v) is 8.09. The van der Waals surface area contributed by atoms with Gasteiger partial charge in [-0.1, -0.05) is 25.7 Å². The van der Waals surface area contributed by atoms with E-state index in [4.69, 9.17) is 25.8 Å². The Morgan fingerprint density at radius 2 is 1.52 bits per heavy atom. The lowest BCUT2D eigenvalue weighted by atomic mass is 9.91. The van der Waals surface area contributed by atoms with E-state index in [1.807, 2.05) is 12.1 Å². The van der Waals surface area contributed by atoms with Gasteiger partial charge in [-0.3, -0.25) is 0 Å². The van der Waals surface area contributed by atoms with E-state index in [9.17, 15) is 0 Å². The van der Waals surface area contributed by atoms with Crippen LogP contribution in [0.25, 0.3) is 0 Å². The molecule has 0 bridgehead atoms. The summed E-state index contributed by atoms with van der Waals surface area (Å²) in [6, 6.07) is 3.91. The zero-order valence-corrected chi connectivity index (χ0v) is 13.9. The van der Waals surface area contributed by atoms with Crippen molar-refractivity contribution in [1.29, 1.82) is 0 Å². The minimum atomic E-state index is -0.0437. The van der Waals surface area contributed by atoms with Gasteiger partial charge in [0.15, 0.2) is 11.5 Å². The molecule has 1 aliphatic rings. The molecule has 2 rings (SSSR count). The van der Waals surface area contributed by atoms with Crippen molar-refractivity contribution in [2.75, 3.05) is 21.3 Å². The molecule has 0 aromatic heterocycles. The van der Waals surface area contributed by atoms with Crippen LogP contribution in [-0.2, 0) is 0 Å². The van der Waals surface area contributed by atoms with Crippen LogP contribution >= 0.6 is 11.6 Å². The monoisotopic (exact) mass is 312 g/mol. The molecule has 1 aliphatic carbocycles. The van der Waals surface area contributed by atoms with Gasteiger partial charge >= 0.3 is 0 Å². The molecule has 0 radical (unpaired) electrons. The van der Waals surface area contributed by atoms with Gasteiger partial charge in [0, 0.05) is 5.56 Å². The zero-order valence-electron chi connectivity index (χ0n) is 13.2. The number of hydrogen-bond acceptors (Lipinski definition) is 3. The molecule has 1 saturated carbocycles. The molecule has 4 heteroatoms. The van der Waals surface area contributed by atoms with Crippen molar-refractivity contribution in [1.82, 2.24) is 0 Å². The zero-order chi connectivity index (χ0) is 15.2. The van der Waals surface area contributed by atoms with Crippen molar-refractivity contribution in [3.8, 4) is 17.2 Å². The van der Waals surface area contributed by atoms with E-state index in [1.54, 1.807) is 21.3 Å². The third-order valence-corrected chi connectivity index (χ3v) is 4.94. The summed E-state index contributed by atoms with van der Waals surface area (Å²) >= 11 is 6.79. The summed E-state index contributed by atoms with van der Waals surface area (Å²) < 4.78 is 16.3. The van der Waals surface area contributed by atoms with Gasteiger partial charge in [0.2, 0.25) is 5.75 Å². The van der Waals surface area contributed by atoms with Gasteiger partial charge < -0.3 is 14.2 Å². The predicted molar refractivity (Wildman–Crippen MR) is 85.9 cm³/mol. The second-order valence-corrected chi connectivity index (χ2v) is 6.05. The average Bonchev–Trinajstić information content (AvgIpc) is 2.81. The van der Waals surface area contributed by atoms with E-state index in [0.29, 0.717) is 23.2 Å². The molecule has 0 aliphatic heterocycles. The molecule has 1 aromatic rings. The minimum absolute atomic E-state index is 0.0437. The van der Waals surface area contributed by atoms with Crippen LogP contribution < -0.4 is 14.2 Å². The predicted octanol–water partition coefficient (Wildman–Crippen LogP) is 4.96. The fraction of sp³-hybridized carbons (Fsp3) is 0.647. The second kappa shape index (κ2) is 7.79. The number of halogens is 1. The highest BCUT2D eigenvalue weighted by molar-refractivity contribution is 6.21. The highest BCUT2D eigenvalue weighted by Gasteiger charge is 2.27. The van der Waals surface area contributed by atoms with Crippen LogP contribution in [0.1, 0.15) is 49.5 Å². The molecule has 0 saturated heterocycles. The Bertz CT molecular complexity index is 454. The van der Waals surface area contributed by atoms with Crippen LogP contribution in [0.15, 0.2) is 12.1 Å². The molecule has 0 N–H and O–H groups in total. The van der Waals surface area contributed by atoms with E-state index in [-0.39, 0.29) is 5.38 Å². The molecule has 21 heavy (non-hydrogen) atoms. The van der Waals surface area contributed by atoms with Gasteiger partial charge in [-0.05, 0) is 30.9 Å². The quantitative estimate of drug-likeness (QED) is 0.568. The molecule has 0 amide bonds. The first kappa shape index (κ1) is 16.3. The molecule has 0 spiro atoms. The molecule has 1 unspecified atom stereocenters. The Labute approximate surface area is 132 Å². The van der Waals surface area contributed by atoms with Crippen LogP contribution in [0.3, 0.4) is 0 Å². The smallest absolute Gasteiger partial charge is 0.203 e. The normalized spacial score (nSPS) is 17.9. The average molecular weight is 313 g/mol. The molecule has 3 nitrogen and oxygen atoms in total. The maximum atomic E-state index is 6.79. The van der Waals surface area contributed by atoms with Crippen molar-refractivity contribution in [2.24, 2.45) is 5.92 Å². The SMILES string of the molecule is COc1ccc(C(Cl)C2CCCCCC2)c(OC)c1OC. The largest absolute Gasteiger partial charge is 0.493 e. The van der Waals surface area contributed by atoms with Crippen LogP contribution in [0.4, 0.5) is 0 Å². The number of alkyl halides is 1. The third kappa shape index (κ3) is 3.57. The van der Waals surface area contributed by atoms with Crippen molar-refractivity contribution in [3.63, 3.8) is 0 Å². The minimum Gasteiger partial charge on any atom is -0.493 e. The van der Waals surface area contributed by atoms with Crippen LogP contribution in [-0.4, -0.2) is 21.3 Å². The fourth-order valence-corrected chi connectivity index (χ4v) is 3.62. The van der Waals surface area contributed by atoms with Gasteiger partial charge in [0.25, 0.3) is 0 Å². The molecule has 0 heterocycles. The lowest BCUT2D eigenvalue weighted by Gasteiger charge is -2.24. The van der Waals surface area contributed by atoms with Crippen LogP contribution in [0, 0.1) is 5.92 Å². The van der Waals surface area contributed by atoms with E-state index in [2.05, 4.69) is 0 Å². The maximum Gasteiger partial charge on any atom is 0.203 e. The third-order valence-electron chi connectivity index (χ3n) is 4.35. The summed E-state index contributed by atoms with van der Waals surface area (Å²) in [5.74, 6) is 2.49. The standard InChI is InChI=1S/C17H25ClO3/c1-19-14-11-10-13(16(20-2)17(14)21-3)15(18)12-8-6-4-5-7-9-12/h10-12,15H,4-9H2,1-3H3. The Hall–Kier alpha value is -1.09. The molecular weight excluding hydrogens is 288 g/mol. The summed E-state index contributed by atoms with van der Waals surface area (Å²) in [5, 5.41) is -0.0437. The lowest BCUT2D eigenvalue weighted by molar-refractivity contribution is 0.319. The number of hydrogen-bond donors (Lipinski definition) is 0. The van der Waals surface area contributed by atoms with Gasteiger partial charge in [-0.2, -0.15) is 0 Å². The molecule has 1 atom stereocenters. The second-order valence-electron chi connectivity index (χ2n) is 5.58. The Morgan fingerprint density at radius 1 is 0.905 bits per heavy atom. The first-order chi connectivity index (χ1) is 10.2. The summed E-state index contributed by atoms with van der Waals surface area (Å²) in [4.78, 5) is 0. The Morgan fingerprint density at radius 3 is 2.05 bits per heavy atom. The highest BCUT2D eigenvalue weighted by Crippen LogP contribution is 2.47. The number of benzene rings is 1. The summed E-state index contributed by atoms with van der Waals surface area (Å²) in [6.45, 7) is 0. The van der Waals surface area contributed by atoms with Gasteiger partial charge in [0.1, 0.15) is 0 Å². The van der Waals surface area contributed by atoms with Gasteiger partial charge in [0.05, 0.1) is 26.7 Å². The maximum absolute atomic E-state index is 6.79. The number of methoxy groups -OCH3 is 3. The van der Waals surface area contributed by atoms with E-state index in [0.717, 1.165) is 5.56 Å². The fourth-order valence-electron chi connectivity index (χ4n) is 3.20. The van der Waals surface area contributed by atoms with Crippen LogP contribution in [0.2, 0.25) is 0 Å². The molecule has 1 aromatic carbocycles. The molecule has 1 fully saturated rings. The van der Waals surface area contributed by atoms with E-state index >= 15 is 0 Å². The number of ether oxygens (including phenoxy) is 3. The van der Waals surface area contributed by atoms with Crippen molar-refractivity contribution in [3.05, 3.63) is 17.7 Å². The van der Waals surface area contributed by atoms with Gasteiger partial charge in [-0.25, -0.2) is 0 Å². The Kier molecular flexibility index (Phi) is 6.04. The summed E-state index contributed by atoms with van der Waals surface area (Å²) in [5.41, 5.74) is 1.00. The van der Waals surface area contributed by atoms with Gasteiger partial charge in [-0.15, -0.1) is 11.6 Å². The number of rotatable bonds is 5. The Balaban J connectivity index is 2.33.